The lowest BCUT2D eigenvalue weighted by Gasteiger charge is -2.26. The van der Waals surface area contributed by atoms with Gasteiger partial charge < -0.3 is 0 Å². The van der Waals surface area contributed by atoms with E-state index in [1.807, 2.05) is 0 Å². The van der Waals surface area contributed by atoms with E-state index in [9.17, 15) is 8.42 Å². The average Bonchev–Trinajstić information content (AvgIpc) is 2.17. The lowest BCUT2D eigenvalue weighted by molar-refractivity contribution is 0.364. The first kappa shape index (κ1) is 12.3. The van der Waals surface area contributed by atoms with Crippen LogP contribution in [0, 0.1) is 5.92 Å². The van der Waals surface area contributed by atoms with Crippen LogP contribution in [0.1, 0.15) is 32.6 Å². The molecule has 0 heterocycles. The third-order valence-corrected chi connectivity index (χ3v) is 4.70. The van der Waals surface area contributed by atoms with E-state index in [0.717, 1.165) is 12.8 Å². The van der Waals surface area contributed by atoms with Crippen molar-refractivity contribution in [1.29, 1.82) is 0 Å². The summed E-state index contributed by atoms with van der Waals surface area (Å²) in [5, 5.41) is 0.142. The summed E-state index contributed by atoms with van der Waals surface area (Å²) >= 11 is 6.12. The maximum Gasteiger partial charge on any atom is 0.211 e. The van der Waals surface area contributed by atoms with Gasteiger partial charge >= 0.3 is 0 Å². The van der Waals surface area contributed by atoms with Gasteiger partial charge in [-0.15, -0.1) is 11.6 Å². The SMILES string of the molecule is CCS(=O)(=O)NCC1CCCCC1Cl. The van der Waals surface area contributed by atoms with Crippen LogP contribution >= 0.6 is 11.6 Å². The molecule has 1 aliphatic carbocycles. The summed E-state index contributed by atoms with van der Waals surface area (Å²) in [5.74, 6) is 0.457. The minimum absolute atomic E-state index is 0.142. The molecule has 1 fully saturated rings. The van der Waals surface area contributed by atoms with Crippen molar-refractivity contribution in [2.75, 3.05) is 12.3 Å². The fraction of sp³-hybridized carbons (Fsp3) is 1.00. The van der Waals surface area contributed by atoms with Crippen molar-refractivity contribution < 1.29 is 8.42 Å². The first-order chi connectivity index (χ1) is 6.55. The summed E-state index contributed by atoms with van der Waals surface area (Å²) in [7, 11) is -3.05. The first-order valence-corrected chi connectivity index (χ1v) is 7.25. The van der Waals surface area contributed by atoms with Crippen LogP contribution in [0.15, 0.2) is 0 Å². The Balaban J connectivity index is 2.36. The van der Waals surface area contributed by atoms with Crippen molar-refractivity contribution >= 4 is 21.6 Å². The Labute approximate surface area is 91.3 Å². The fourth-order valence-electron chi connectivity index (χ4n) is 1.73. The molecular weight excluding hydrogens is 222 g/mol. The maximum atomic E-state index is 11.2. The Kier molecular flexibility index (Phi) is 4.67. The van der Waals surface area contributed by atoms with Crippen LogP contribution in [0.4, 0.5) is 0 Å². The Morgan fingerprint density at radius 2 is 2.00 bits per heavy atom. The molecule has 0 aromatic rings. The molecule has 14 heavy (non-hydrogen) atoms. The van der Waals surface area contributed by atoms with Crippen molar-refractivity contribution in [2.45, 2.75) is 38.0 Å². The first-order valence-electron chi connectivity index (χ1n) is 5.16. The van der Waals surface area contributed by atoms with E-state index >= 15 is 0 Å². The van der Waals surface area contributed by atoms with Gasteiger partial charge in [-0.1, -0.05) is 12.8 Å². The second-order valence-corrected chi connectivity index (χ2v) is 6.47. The number of hydrogen-bond acceptors (Lipinski definition) is 2. The highest BCUT2D eigenvalue weighted by Crippen LogP contribution is 2.28. The van der Waals surface area contributed by atoms with Crippen LogP contribution in [-0.2, 0) is 10.0 Å². The van der Waals surface area contributed by atoms with E-state index in [1.165, 1.54) is 12.8 Å². The van der Waals surface area contributed by atoms with Crippen molar-refractivity contribution in [1.82, 2.24) is 4.72 Å². The molecule has 1 rings (SSSR count). The molecule has 2 atom stereocenters. The quantitative estimate of drug-likeness (QED) is 0.760. The molecule has 1 N–H and O–H groups in total. The molecule has 84 valence electrons. The number of hydrogen-bond donors (Lipinski definition) is 1. The van der Waals surface area contributed by atoms with Crippen LogP contribution in [0.2, 0.25) is 0 Å². The molecule has 0 amide bonds. The molecule has 0 aliphatic heterocycles. The second-order valence-electron chi connectivity index (χ2n) is 3.81. The number of alkyl halides is 1. The maximum absolute atomic E-state index is 11.2. The van der Waals surface area contributed by atoms with Gasteiger partial charge in [-0.05, 0) is 25.7 Å². The molecule has 2 unspecified atom stereocenters. The summed E-state index contributed by atoms with van der Waals surface area (Å²) in [6, 6.07) is 0. The van der Waals surface area contributed by atoms with Crippen molar-refractivity contribution in [3.05, 3.63) is 0 Å². The lowest BCUT2D eigenvalue weighted by atomic mass is 9.89. The van der Waals surface area contributed by atoms with Gasteiger partial charge in [-0.3, -0.25) is 0 Å². The molecule has 0 saturated heterocycles. The molecule has 3 nitrogen and oxygen atoms in total. The van der Waals surface area contributed by atoms with E-state index in [1.54, 1.807) is 6.92 Å². The zero-order valence-electron chi connectivity index (χ0n) is 8.50. The minimum atomic E-state index is -3.05. The van der Waals surface area contributed by atoms with Gasteiger partial charge in [-0.2, -0.15) is 0 Å². The standard InChI is InChI=1S/C9H18ClNO2S/c1-2-14(12,13)11-7-8-5-3-4-6-9(8)10/h8-9,11H,2-7H2,1H3. The summed E-state index contributed by atoms with van der Waals surface area (Å²) < 4.78 is 25.0. The predicted octanol–water partition coefficient (Wildman–Crippen LogP) is 1.72. The molecule has 0 radical (unpaired) electrons. The van der Waals surface area contributed by atoms with E-state index in [0.29, 0.717) is 12.5 Å². The lowest BCUT2D eigenvalue weighted by Crippen LogP contribution is -2.35. The molecule has 5 heteroatoms. The third kappa shape index (κ3) is 3.75. The molecule has 0 aromatic heterocycles. The van der Waals surface area contributed by atoms with Gasteiger partial charge in [0.25, 0.3) is 0 Å². The zero-order valence-corrected chi connectivity index (χ0v) is 10.1. The summed E-state index contributed by atoms with van der Waals surface area (Å²) in [6.07, 6.45) is 4.40. The fourth-order valence-corrected chi connectivity index (χ4v) is 2.77. The molecule has 1 aliphatic rings. The van der Waals surface area contributed by atoms with E-state index in [4.69, 9.17) is 11.6 Å². The molecule has 0 bridgehead atoms. The number of sulfonamides is 1. The van der Waals surface area contributed by atoms with Crippen molar-refractivity contribution in [2.24, 2.45) is 5.92 Å². The Morgan fingerprint density at radius 3 is 2.57 bits per heavy atom. The molecule has 0 aromatic carbocycles. The largest absolute Gasteiger partial charge is 0.215 e. The minimum Gasteiger partial charge on any atom is -0.215 e. The summed E-state index contributed by atoms with van der Waals surface area (Å²) in [5.41, 5.74) is 0. The normalized spacial score (nSPS) is 29.0. The topological polar surface area (TPSA) is 46.2 Å². The highest BCUT2D eigenvalue weighted by Gasteiger charge is 2.24. The number of nitrogens with one attached hydrogen (secondary N) is 1. The van der Waals surface area contributed by atoms with Crippen LogP contribution in [0.3, 0.4) is 0 Å². The van der Waals surface area contributed by atoms with E-state index in [2.05, 4.69) is 4.72 Å². The highest BCUT2D eigenvalue weighted by atomic mass is 35.5. The smallest absolute Gasteiger partial charge is 0.211 e. The van der Waals surface area contributed by atoms with Gasteiger partial charge in [-0.25, -0.2) is 13.1 Å². The Hall–Kier alpha value is 0.200. The molecule has 0 spiro atoms. The summed E-state index contributed by atoms with van der Waals surface area (Å²) in [6.45, 7) is 2.14. The number of rotatable bonds is 4. The van der Waals surface area contributed by atoms with E-state index < -0.39 is 10.0 Å². The van der Waals surface area contributed by atoms with Crippen molar-refractivity contribution in [3.8, 4) is 0 Å². The summed E-state index contributed by atoms with van der Waals surface area (Å²) in [4.78, 5) is 0. The average molecular weight is 240 g/mol. The van der Waals surface area contributed by atoms with Crippen LogP contribution < -0.4 is 4.72 Å². The Bertz CT molecular complexity index is 266. The van der Waals surface area contributed by atoms with Gasteiger partial charge in [0.05, 0.1) is 5.75 Å². The monoisotopic (exact) mass is 239 g/mol. The molecule has 1 saturated carbocycles. The van der Waals surface area contributed by atoms with Crippen LogP contribution in [0.5, 0.6) is 0 Å². The number of halogens is 1. The third-order valence-electron chi connectivity index (χ3n) is 2.76. The molecular formula is C9H18ClNO2S. The highest BCUT2D eigenvalue weighted by molar-refractivity contribution is 7.89. The van der Waals surface area contributed by atoms with Gasteiger partial charge in [0.1, 0.15) is 0 Å². The van der Waals surface area contributed by atoms with Gasteiger partial charge in [0.2, 0.25) is 10.0 Å². The predicted molar refractivity (Wildman–Crippen MR) is 59.1 cm³/mol. The van der Waals surface area contributed by atoms with Gasteiger partial charge in [0.15, 0.2) is 0 Å². The van der Waals surface area contributed by atoms with Crippen LogP contribution in [0.25, 0.3) is 0 Å². The zero-order chi connectivity index (χ0) is 10.6. The van der Waals surface area contributed by atoms with Crippen molar-refractivity contribution in [3.63, 3.8) is 0 Å². The Morgan fingerprint density at radius 1 is 1.36 bits per heavy atom. The van der Waals surface area contributed by atoms with E-state index in [-0.39, 0.29) is 11.1 Å². The second kappa shape index (κ2) is 5.33. The van der Waals surface area contributed by atoms with Gasteiger partial charge in [0, 0.05) is 11.9 Å². The van der Waals surface area contributed by atoms with Crippen LogP contribution in [-0.4, -0.2) is 26.1 Å².